The van der Waals surface area contributed by atoms with Crippen molar-refractivity contribution in [1.29, 1.82) is 0 Å². The van der Waals surface area contributed by atoms with Crippen molar-refractivity contribution in [3.8, 4) is 0 Å². The molecule has 0 saturated heterocycles. The normalized spacial score (nSPS) is 10.8. The van der Waals surface area contributed by atoms with Crippen LogP contribution >= 0.6 is 0 Å². The Kier molecular flexibility index (Phi) is 2.79. The zero-order chi connectivity index (χ0) is 12.6. The highest BCUT2D eigenvalue weighted by Gasteiger charge is 2.14. The van der Waals surface area contributed by atoms with E-state index < -0.39 is 5.82 Å². The van der Waals surface area contributed by atoms with Crippen molar-refractivity contribution in [2.45, 2.75) is 20.3 Å². The van der Waals surface area contributed by atoms with Crippen LogP contribution in [0.25, 0.3) is 10.8 Å². The molecule has 0 fully saturated rings. The summed E-state index contributed by atoms with van der Waals surface area (Å²) in [6.07, 6.45) is 1.79. The first-order chi connectivity index (χ1) is 8.06. The van der Waals surface area contributed by atoms with E-state index in [2.05, 4.69) is 4.98 Å². The minimum atomic E-state index is -0.411. The van der Waals surface area contributed by atoms with E-state index in [1.54, 1.807) is 6.92 Å². The summed E-state index contributed by atoms with van der Waals surface area (Å²) in [5.74, 6) is -0.564. The van der Waals surface area contributed by atoms with Gasteiger partial charge in [-0.05, 0) is 24.8 Å². The van der Waals surface area contributed by atoms with Gasteiger partial charge < -0.3 is 4.98 Å². The second kappa shape index (κ2) is 4.13. The number of hydrogen-bond acceptors (Lipinski definition) is 2. The number of ketones is 1. The Hall–Kier alpha value is -1.97. The third kappa shape index (κ3) is 1.75. The summed E-state index contributed by atoms with van der Waals surface area (Å²) < 4.78 is 13.6. The molecule has 1 N–H and O–H groups in total. The van der Waals surface area contributed by atoms with Crippen LogP contribution in [0.1, 0.15) is 29.8 Å². The number of rotatable bonds is 2. The largest absolute Gasteiger partial charge is 0.328 e. The SMILES string of the molecule is CCc1c(F)ccc2c(C(C)=O)c[nH]c(=O)c12. The Balaban J connectivity index is 3.01. The first-order valence-electron chi connectivity index (χ1n) is 5.40. The molecule has 0 bridgehead atoms. The van der Waals surface area contributed by atoms with Crippen molar-refractivity contribution < 1.29 is 9.18 Å². The summed E-state index contributed by atoms with van der Waals surface area (Å²) in [5.41, 5.74) is 0.405. The second-order valence-electron chi connectivity index (χ2n) is 3.89. The fourth-order valence-electron chi connectivity index (χ4n) is 2.03. The molecule has 4 heteroatoms. The van der Waals surface area contributed by atoms with E-state index in [0.29, 0.717) is 22.9 Å². The number of fused-ring (bicyclic) bond motifs is 1. The van der Waals surface area contributed by atoms with Gasteiger partial charge >= 0.3 is 0 Å². The number of benzene rings is 1. The molecule has 1 aromatic carbocycles. The molecule has 0 amide bonds. The number of aryl methyl sites for hydroxylation is 1. The number of halogens is 1. The molecule has 0 aliphatic carbocycles. The van der Waals surface area contributed by atoms with Crippen molar-refractivity contribution in [3.05, 3.63) is 45.6 Å². The van der Waals surface area contributed by atoms with Crippen molar-refractivity contribution in [1.82, 2.24) is 4.98 Å². The van der Waals surface area contributed by atoms with Gasteiger partial charge in [0.15, 0.2) is 5.78 Å². The van der Waals surface area contributed by atoms with Crippen molar-refractivity contribution >= 4 is 16.6 Å². The van der Waals surface area contributed by atoms with Gasteiger partial charge in [-0.15, -0.1) is 0 Å². The van der Waals surface area contributed by atoms with Crippen LogP contribution < -0.4 is 5.56 Å². The Bertz CT molecular complexity index is 658. The van der Waals surface area contributed by atoms with E-state index in [0.717, 1.165) is 0 Å². The Labute approximate surface area is 97.3 Å². The fourth-order valence-corrected chi connectivity index (χ4v) is 2.03. The summed E-state index contributed by atoms with van der Waals surface area (Å²) in [6.45, 7) is 3.19. The maximum atomic E-state index is 13.6. The fraction of sp³-hybridized carbons (Fsp3) is 0.231. The molecule has 0 unspecified atom stereocenters. The number of nitrogens with one attached hydrogen (secondary N) is 1. The average Bonchev–Trinajstić information content (AvgIpc) is 2.29. The minimum absolute atomic E-state index is 0.153. The van der Waals surface area contributed by atoms with Gasteiger partial charge in [0, 0.05) is 17.3 Å². The lowest BCUT2D eigenvalue weighted by atomic mass is 9.99. The Morgan fingerprint density at radius 1 is 1.41 bits per heavy atom. The predicted octanol–water partition coefficient (Wildman–Crippen LogP) is 2.43. The zero-order valence-corrected chi connectivity index (χ0v) is 9.63. The highest BCUT2D eigenvalue weighted by atomic mass is 19.1. The summed E-state index contributed by atoms with van der Waals surface area (Å²) >= 11 is 0. The Morgan fingerprint density at radius 2 is 2.12 bits per heavy atom. The number of carbonyl (C=O) groups excluding carboxylic acids is 1. The summed E-state index contributed by atoms with van der Waals surface area (Å²) in [4.78, 5) is 25.7. The van der Waals surface area contributed by atoms with E-state index in [-0.39, 0.29) is 16.7 Å². The van der Waals surface area contributed by atoms with Crippen LogP contribution in [0.3, 0.4) is 0 Å². The number of H-pyrrole nitrogens is 1. The van der Waals surface area contributed by atoms with Crippen LogP contribution in [-0.2, 0) is 6.42 Å². The van der Waals surface area contributed by atoms with Gasteiger partial charge in [-0.2, -0.15) is 0 Å². The van der Waals surface area contributed by atoms with E-state index in [1.807, 2.05) is 0 Å². The van der Waals surface area contributed by atoms with Gasteiger partial charge in [-0.25, -0.2) is 4.39 Å². The second-order valence-corrected chi connectivity index (χ2v) is 3.89. The Morgan fingerprint density at radius 3 is 2.71 bits per heavy atom. The van der Waals surface area contributed by atoms with Gasteiger partial charge in [0.2, 0.25) is 0 Å². The number of Topliss-reactive ketones (excluding diaryl/α,β-unsaturated/α-hetero) is 1. The maximum absolute atomic E-state index is 13.6. The first-order valence-corrected chi connectivity index (χ1v) is 5.40. The summed E-state index contributed by atoms with van der Waals surface area (Å²) in [7, 11) is 0. The zero-order valence-electron chi connectivity index (χ0n) is 9.63. The molecule has 88 valence electrons. The van der Waals surface area contributed by atoms with E-state index in [9.17, 15) is 14.0 Å². The summed E-state index contributed by atoms with van der Waals surface area (Å²) in [5, 5.41) is 0.791. The molecule has 0 atom stereocenters. The molecular weight excluding hydrogens is 221 g/mol. The highest BCUT2D eigenvalue weighted by molar-refractivity contribution is 6.07. The third-order valence-electron chi connectivity index (χ3n) is 2.85. The first kappa shape index (κ1) is 11.5. The van der Waals surface area contributed by atoms with E-state index in [4.69, 9.17) is 0 Å². The standard InChI is InChI=1S/C13H12FNO2/c1-3-8-11(14)5-4-9-10(7(2)16)6-15-13(17)12(8)9/h4-6H,3H2,1-2H3,(H,15,17). The van der Waals surface area contributed by atoms with Gasteiger partial charge in [0.1, 0.15) is 5.82 Å². The molecule has 0 aliphatic heterocycles. The number of hydrogen-bond donors (Lipinski definition) is 1. The highest BCUT2D eigenvalue weighted by Crippen LogP contribution is 2.22. The number of aromatic amines is 1. The van der Waals surface area contributed by atoms with Gasteiger partial charge in [0.05, 0.1) is 5.39 Å². The third-order valence-corrected chi connectivity index (χ3v) is 2.85. The molecule has 17 heavy (non-hydrogen) atoms. The lowest BCUT2D eigenvalue weighted by Gasteiger charge is -2.07. The van der Waals surface area contributed by atoms with Crippen molar-refractivity contribution in [2.24, 2.45) is 0 Å². The van der Waals surface area contributed by atoms with E-state index >= 15 is 0 Å². The molecule has 2 aromatic rings. The smallest absolute Gasteiger partial charge is 0.256 e. The van der Waals surface area contributed by atoms with Crippen LogP contribution in [-0.4, -0.2) is 10.8 Å². The average molecular weight is 233 g/mol. The molecular formula is C13H12FNO2. The van der Waals surface area contributed by atoms with Crippen molar-refractivity contribution in [2.75, 3.05) is 0 Å². The van der Waals surface area contributed by atoms with Crippen LogP contribution in [0.4, 0.5) is 4.39 Å². The monoisotopic (exact) mass is 233 g/mol. The molecule has 2 rings (SSSR count). The lowest BCUT2D eigenvalue weighted by Crippen LogP contribution is -2.12. The molecule has 0 spiro atoms. The number of aromatic nitrogens is 1. The van der Waals surface area contributed by atoms with Crippen LogP contribution in [0.2, 0.25) is 0 Å². The minimum Gasteiger partial charge on any atom is -0.328 e. The van der Waals surface area contributed by atoms with Crippen molar-refractivity contribution in [3.63, 3.8) is 0 Å². The lowest BCUT2D eigenvalue weighted by molar-refractivity contribution is 0.101. The van der Waals surface area contributed by atoms with Crippen LogP contribution in [0.15, 0.2) is 23.1 Å². The summed E-state index contributed by atoms with van der Waals surface area (Å²) in [6, 6.07) is 2.78. The quantitative estimate of drug-likeness (QED) is 0.810. The van der Waals surface area contributed by atoms with Gasteiger partial charge in [0.25, 0.3) is 5.56 Å². The number of carbonyl (C=O) groups is 1. The van der Waals surface area contributed by atoms with Crippen LogP contribution in [0, 0.1) is 5.82 Å². The predicted molar refractivity (Wildman–Crippen MR) is 63.9 cm³/mol. The van der Waals surface area contributed by atoms with Crippen LogP contribution in [0.5, 0.6) is 0 Å². The molecule has 3 nitrogen and oxygen atoms in total. The van der Waals surface area contributed by atoms with E-state index in [1.165, 1.54) is 25.3 Å². The maximum Gasteiger partial charge on any atom is 0.256 e. The molecule has 0 aliphatic rings. The number of pyridine rings is 1. The van der Waals surface area contributed by atoms with Gasteiger partial charge in [-0.1, -0.05) is 13.0 Å². The molecule has 1 aromatic heterocycles. The topological polar surface area (TPSA) is 49.9 Å². The molecule has 1 heterocycles. The van der Waals surface area contributed by atoms with Gasteiger partial charge in [-0.3, -0.25) is 9.59 Å². The molecule has 0 radical (unpaired) electrons. The molecule has 0 saturated carbocycles.